The third kappa shape index (κ3) is 4.25. The topological polar surface area (TPSA) is 59.9 Å². The lowest BCUT2D eigenvalue weighted by molar-refractivity contribution is 0.288. The van der Waals surface area contributed by atoms with Crippen LogP contribution in [0.1, 0.15) is 13.3 Å². The van der Waals surface area contributed by atoms with Gasteiger partial charge >= 0.3 is 6.01 Å². The molecule has 0 bridgehead atoms. The lowest BCUT2D eigenvalue weighted by Crippen LogP contribution is -2.05. The molecule has 0 atom stereocenters. The molecule has 0 saturated heterocycles. The number of nitrogens with one attached hydrogen (secondary N) is 1. The van der Waals surface area contributed by atoms with E-state index in [1.807, 2.05) is 31.2 Å². The molecule has 0 amide bonds. The molecule has 0 radical (unpaired) electrons. The van der Waals surface area contributed by atoms with E-state index in [2.05, 4.69) is 20.3 Å². The molecule has 0 aliphatic rings. The highest BCUT2D eigenvalue weighted by Crippen LogP contribution is 2.27. The van der Waals surface area contributed by atoms with E-state index in [1.54, 1.807) is 7.05 Å². The summed E-state index contributed by atoms with van der Waals surface area (Å²) in [6, 6.07) is 7.84. The highest BCUT2D eigenvalue weighted by molar-refractivity contribution is 7.99. The second-order valence-electron chi connectivity index (χ2n) is 3.88. The molecule has 20 heavy (non-hydrogen) atoms. The van der Waals surface area contributed by atoms with Crippen LogP contribution in [0.25, 0.3) is 0 Å². The van der Waals surface area contributed by atoms with Gasteiger partial charge in [0.05, 0.1) is 6.61 Å². The molecule has 5 nitrogen and oxygen atoms in total. The van der Waals surface area contributed by atoms with Gasteiger partial charge in [-0.25, -0.2) is 0 Å². The van der Waals surface area contributed by atoms with Gasteiger partial charge < -0.3 is 10.1 Å². The largest absolute Gasteiger partial charge is 0.463 e. The molecule has 106 valence electrons. The average Bonchev–Trinajstić information content (AvgIpc) is 2.47. The van der Waals surface area contributed by atoms with Crippen molar-refractivity contribution in [2.45, 2.75) is 23.4 Å². The summed E-state index contributed by atoms with van der Waals surface area (Å²) in [7, 11) is 1.76. The summed E-state index contributed by atoms with van der Waals surface area (Å²) >= 11 is 7.30. The third-order valence-electron chi connectivity index (χ3n) is 2.28. The van der Waals surface area contributed by atoms with E-state index < -0.39 is 0 Å². The minimum Gasteiger partial charge on any atom is -0.463 e. The van der Waals surface area contributed by atoms with E-state index in [1.165, 1.54) is 11.8 Å². The van der Waals surface area contributed by atoms with Crippen LogP contribution in [0.2, 0.25) is 5.02 Å². The zero-order valence-electron chi connectivity index (χ0n) is 11.3. The normalized spacial score (nSPS) is 10.3. The van der Waals surface area contributed by atoms with Crippen molar-refractivity contribution in [1.29, 1.82) is 0 Å². The van der Waals surface area contributed by atoms with Gasteiger partial charge in [-0.05, 0) is 42.4 Å². The van der Waals surface area contributed by atoms with Crippen LogP contribution >= 0.6 is 23.4 Å². The van der Waals surface area contributed by atoms with Crippen molar-refractivity contribution in [1.82, 2.24) is 15.0 Å². The molecule has 0 unspecified atom stereocenters. The number of halogens is 1. The predicted octanol–water partition coefficient (Wildman–Crippen LogP) is 3.51. The first-order valence-electron chi connectivity index (χ1n) is 6.21. The maximum absolute atomic E-state index is 5.86. The van der Waals surface area contributed by atoms with Crippen LogP contribution in [0.5, 0.6) is 6.01 Å². The van der Waals surface area contributed by atoms with Gasteiger partial charge in [-0.2, -0.15) is 15.0 Å². The zero-order chi connectivity index (χ0) is 14.4. The smallest absolute Gasteiger partial charge is 0.322 e. The van der Waals surface area contributed by atoms with Gasteiger partial charge in [-0.15, -0.1) is 0 Å². The minimum atomic E-state index is 0.336. The van der Waals surface area contributed by atoms with E-state index in [-0.39, 0.29) is 0 Å². The van der Waals surface area contributed by atoms with Crippen LogP contribution in [0.15, 0.2) is 34.3 Å². The molecular formula is C13H15ClN4OS. The van der Waals surface area contributed by atoms with Crippen LogP contribution in [-0.4, -0.2) is 28.6 Å². The SMILES string of the molecule is CCCOc1nc(NC)nc(Sc2ccc(Cl)cc2)n1. The molecule has 1 heterocycles. The van der Waals surface area contributed by atoms with Gasteiger partial charge in [-0.1, -0.05) is 18.5 Å². The zero-order valence-corrected chi connectivity index (χ0v) is 12.8. The highest BCUT2D eigenvalue weighted by atomic mass is 35.5. The van der Waals surface area contributed by atoms with E-state index in [9.17, 15) is 0 Å². The number of ether oxygens (including phenoxy) is 1. The molecule has 7 heteroatoms. The van der Waals surface area contributed by atoms with E-state index >= 15 is 0 Å². The number of hydrogen-bond donors (Lipinski definition) is 1. The first-order valence-corrected chi connectivity index (χ1v) is 7.40. The first-order chi connectivity index (χ1) is 9.71. The lowest BCUT2D eigenvalue weighted by Gasteiger charge is -2.07. The molecule has 1 N–H and O–H groups in total. The van der Waals surface area contributed by atoms with E-state index in [0.717, 1.165) is 11.3 Å². The average molecular weight is 311 g/mol. The molecule has 2 rings (SSSR count). The fourth-order valence-electron chi connectivity index (χ4n) is 1.36. The summed E-state index contributed by atoms with van der Waals surface area (Å²) in [6.45, 7) is 2.61. The van der Waals surface area contributed by atoms with Crippen molar-refractivity contribution in [3.63, 3.8) is 0 Å². The fourth-order valence-corrected chi connectivity index (χ4v) is 2.23. The van der Waals surface area contributed by atoms with Gasteiger partial charge in [0.15, 0.2) is 0 Å². The Hall–Kier alpha value is -1.53. The van der Waals surface area contributed by atoms with Crippen LogP contribution < -0.4 is 10.1 Å². The maximum Gasteiger partial charge on any atom is 0.322 e. The second-order valence-corrected chi connectivity index (χ2v) is 5.36. The lowest BCUT2D eigenvalue weighted by atomic mass is 10.4. The Bertz CT molecular complexity index is 565. The Balaban J connectivity index is 2.19. The monoisotopic (exact) mass is 310 g/mol. The summed E-state index contributed by atoms with van der Waals surface area (Å²) in [5, 5.41) is 4.19. The molecule has 1 aromatic carbocycles. The Kier molecular flexibility index (Phi) is 5.43. The van der Waals surface area contributed by atoms with Gasteiger partial charge in [0.2, 0.25) is 11.1 Å². The molecular weight excluding hydrogens is 296 g/mol. The number of anilines is 1. The van der Waals surface area contributed by atoms with Gasteiger partial charge in [0.1, 0.15) is 0 Å². The van der Waals surface area contributed by atoms with Crippen LogP contribution in [0, 0.1) is 0 Å². The minimum absolute atomic E-state index is 0.336. The standard InChI is InChI=1S/C13H15ClN4OS/c1-3-8-19-12-16-11(15-2)17-13(18-12)20-10-6-4-9(14)5-7-10/h4-7H,3,8H2,1-2H3,(H,15,16,17,18). The van der Waals surface area contributed by atoms with Crippen LogP contribution in [0.4, 0.5) is 5.95 Å². The Labute approximate surface area is 127 Å². The molecule has 2 aromatic rings. The molecule has 1 aromatic heterocycles. The summed E-state index contributed by atoms with van der Waals surface area (Å²) in [6.07, 6.45) is 0.903. The van der Waals surface area contributed by atoms with E-state index in [0.29, 0.717) is 28.7 Å². The number of benzene rings is 1. The summed E-state index contributed by atoms with van der Waals surface area (Å²) in [5.74, 6) is 0.488. The fraction of sp³-hybridized carbons (Fsp3) is 0.308. The van der Waals surface area contributed by atoms with E-state index in [4.69, 9.17) is 16.3 Å². The second kappa shape index (κ2) is 7.31. The number of hydrogen-bond acceptors (Lipinski definition) is 6. The Morgan fingerprint density at radius 2 is 1.95 bits per heavy atom. The highest BCUT2D eigenvalue weighted by Gasteiger charge is 2.08. The van der Waals surface area contributed by atoms with Crippen molar-refractivity contribution in [3.05, 3.63) is 29.3 Å². The molecule has 0 aliphatic carbocycles. The Morgan fingerprint density at radius 1 is 1.20 bits per heavy atom. The van der Waals surface area contributed by atoms with Gasteiger partial charge in [-0.3, -0.25) is 0 Å². The molecule has 0 saturated carbocycles. The van der Waals surface area contributed by atoms with Crippen molar-refractivity contribution in [3.8, 4) is 6.01 Å². The summed E-state index contributed by atoms with van der Waals surface area (Å²) < 4.78 is 5.46. The van der Waals surface area contributed by atoms with Crippen LogP contribution in [0.3, 0.4) is 0 Å². The predicted molar refractivity (Wildman–Crippen MR) is 80.7 cm³/mol. The maximum atomic E-state index is 5.86. The van der Waals surface area contributed by atoms with Gasteiger partial charge in [0.25, 0.3) is 0 Å². The Morgan fingerprint density at radius 3 is 2.60 bits per heavy atom. The molecule has 0 aliphatic heterocycles. The summed E-state index contributed by atoms with van der Waals surface area (Å²) in [4.78, 5) is 13.7. The van der Waals surface area contributed by atoms with Crippen LogP contribution in [-0.2, 0) is 0 Å². The number of rotatable bonds is 6. The van der Waals surface area contributed by atoms with Crippen molar-refractivity contribution < 1.29 is 4.74 Å². The number of aromatic nitrogens is 3. The first kappa shape index (κ1) is 14.9. The van der Waals surface area contributed by atoms with Crippen molar-refractivity contribution in [2.75, 3.05) is 19.0 Å². The quantitative estimate of drug-likeness (QED) is 0.881. The van der Waals surface area contributed by atoms with Crippen molar-refractivity contribution >= 4 is 29.3 Å². The summed E-state index contributed by atoms with van der Waals surface area (Å²) in [5.41, 5.74) is 0. The number of nitrogens with zero attached hydrogens (tertiary/aromatic N) is 3. The van der Waals surface area contributed by atoms with Gasteiger partial charge in [0, 0.05) is 17.0 Å². The molecule has 0 fully saturated rings. The third-order valence-corrected chi connectivity index (χ3v) is 3.40. The van der Waals surface area contributed by atoms with Crippen molar-refractivity contribution in [2.24, 2.45) is 0 Å². The molecule has 0 spiro atoms.